The Bertz CT molecular complexity index is 491. The predicted octanol–water partition coefficient (Wildman–Crippen LogP) is 1.98. The van der Waals surface area contributed by atoms with E-state index in [2.05, 4.69) is 21.2 Å². The van der Waals surface area contributed by atoms with E-state index in [-0.39, 0.29) is 0 Å². The third kappa shape index (κ3) is 1.42. The van der Waals surface area contributed by atoms with Crippen LogP contribution in [-0.2, 0) is 0 Å². The monoisotopic (exact) mass is 185 g/mol. The molecule has 0 bridgehead atoms. The van der Waals surface area contributed by atoms with E-state index in [1.165, 1.54) is 0 Å². The molecule has 0 fully saturated rings. The highest BCUT2D eigenvalue weighted by molar-refractivity contribution is 5.79. The SMILES string of the molecule is C#Cc1ccc2nc(NCC)[nH]c2c1. The van der Waals surface area contributed by atoms with Gasteiger partial charge in [0.25, 0.3) is 0 Å². The van der Waals surface area contributed by atoms with Gasteiger partial charge in [-0.25, -0.2) is 4.98 Å². The van der Waals surface area contributed by atoms with Crippen molar-refractivity contribution in [2.24, 2.45) is 0 Å². The second-order valence-corrected chi connectivity index (χ2v) is 2.99. The van der Waals surface area contributed by atoms with E-state index in [1.807, 2.05) is 25.1 Å². The normalized spacial score (nSPS) is 10.0. The smallest absolute Gasteiger partial charge is 0.201 e. The number of nitrogens with one attached hydrogen (secondary N) is 2. The Morgan fingerprint density at radius 3 is 3.14 bits per heavy atom. The highest BCUT2D eigenvalue weighted by Crippen LogP contribution is 2.15. The molecule has 0 aliphatic carbocycles. The van der Waals surface area contributed by atoms with Crippen molar-refractivity contribution in [2.45, 2.75) is 6.92 Å². The molecule has 2 aromatic rings. The third-order valence-corrected chi connectivity index (χ3v) is 1.99. The molecule has 0 amide bonds. The summed E-state index contributed by atoms with van der Waals surface area (Å²) in [5, 5.41) is 3.12. The van der Waals surface area contributed by atoms with E-state index in [0.717, 1.165) is 29.1 Å². The molecule has 1 heterocycles. The van der Waals surface area contributed by atoms with Crippen LogP contribution >= 0.6 is 0 Å². The maximum Gasteiger partial charge on any atom is 0.201 e. The Hall–Kier alpha value is -1.95. The molecule has 1 aromatic carbocycles. The van der Waals surface area contributed by atoms with Crippen LogP contribution in [0.2, 0.25) is 0 Å². The standard InChI is InChI=1S/C11H11N3/c1-3-8-5-6-9-10(7-8)14-11(13-9)12-4-2/h1,5-7H,4H2,2H3,(H2,12,13,14). The van der Waals surface area contributed by atoms with Gasteiger partial charge in [0.2, 0.25) is 5.95 Å². The molecule has 0 saturated heterocycles. The number of rotatable bonds is 2. The van der Waals surface area contributed by atoms with Gasteiger partial charge in [-0.3, -0.25) is 0 Å². The summed E-state index contributed by atoms with van der Waals surface area (Å²) in [5.74, 6) is 3.38. The largest absolute Gasteiger partial charge is 0.356 e. The fourth-order valence-corrected chi connectivity index (χ4v) is 1.35. The summed E-state index contributed by atoms with van der Waals surface area (Å²) in [4.78, 5) is 7.50. The minimum atomic E-state index is 0.789. The van der Waals surface area contributed by atoms with Gasteiger partial charge in [-0.15, -0.1) is 6.42 Å². The molecule has 1 aromatic heterocycles. The van der Waals surface area contributed by atoms with Crippen molar-refractivity contribution in [1.29, 1.82) is 0 Å². The molecule has 0 saturated carbocycles. The maximum absolute atomic E-state index is 5.31. The van der Waals surface area contributed by atoms with Crippen molar-refractivity contribution in [3.63, 3.8) is 0 Å². The number of benzene rings is 1. The van der Waals surface area contributed by atoms with Crippen LogP contribution in [0.15, 0.2) is 18.2 Å². The summed E-state index contributed by atoms with van der Waals surface area (Å²) in [6, 6.07) is 5.73. The quantitative estimate of drug-likeness (QED) is 0.702. The molecule has 3 nitrogen and oxygen atoms in total. The second kappa shape index (κ2) is 3.43. The van der Waals surface area contributed by atoms with Gasteiger partial charge in [0, 0.05) is 12.1 Å². The second-order valence-electron chi connectivity index (χ2n) is 2.99. The molecular weight excluding hydrogens is 174 g/mol. The number of terminal acetylenes is 1. The van der Waals surface area contributed by atoms with Gasteiger partial charge in [-0.2, -0.15) is 0 Å². The fraction of sp³-hybridized carbons (Fsp3) is 0.182. The molecule has 14 heavy (non-hydrogen) atoms. The number of aromatic amines is 1. The van der Waals surface area contributed by atoms with Crippen LogP contribution in [0, 0.1) is 12.3 Å². The Kier molecular flexibility index (Phi) is 2.11. The van der Waals surface area contributed by atoms with E-state index >= 15 is 0 Å². The van der Waals surface area contributed by atoms with Crippen LogP contribution in [0.3, 0.4) is 0 Å². The topological polar surface area (TPSA) is 40.7 Å². The molecule has 0 aliphatic heterocycles. The third-order valence-electron chi connectivity index (χ3n) is 1.99. The number of H-pyrrole nitrogens is 1. The van der Waals surface area contributed by atoms with Crippen molar-refractivity contribution in [2.75, 3.05) is 11.9 Å². The first-order valence-electron chi connectivity index (χ1n) is 4.53. The molecule has 70 valence electrons. The molecule has 0 radical (unpaired) electrons. The Labute approximate surface area is 82.6 Å². The zero-order valence-corrected chi connectivity index (χ0v) is 7.96. The number of imidazole rings is 1. The summed E-state index contributed by atoms with van der Waals surface area (Å²) in [5.41, 5.74) is 2.76. The lowest BCUT2D eigenvalue weighted by atomic mass is 10.2. The molecule has 3 heteroatoms. The van der Waals surface area contributed by atoms with Gasteiger partial charge >= 0.3 is 0 Å². The average molecular weight is 185 g/mol. The predicted molar refractivity (Wildman–Crippen MR) is 58.2 cm³/mol. The maximum atomic E-state index is 5.31. The van der Waals surface area contributed by atoms with Crippen molar-refractivity contribution in [1.82, 2.24) is 9.97 Å². The van der Waals surface area contributed by atoms with E-state index < -0.39 is 0 Å². The van der Waals surface area contributed by atoms with Gasteiger partial charge in [0.05, 0.1) is 11.0 Å². The molecule has 0 aliphatic rings. The van der Waals surface area contributed by atoms with E-state index in [9.17, 15) is 0 Å². The lowest BCUT2D eigenvalue weighted by Gasteiger charge is -1.93. The summed E-state index contributed by atoms with van der Waals surface area (Å²) in [6.45, 7) is 2.88. The molecular formula is C11H11N3. The van der Waals surface area contributed by atoms with E-state index in [1.54, 1.807) is 0 Å². The molecule has 0 atom stereocenters. The van der Waals surface area contributed by atoms with Gasteiger partial charge < -0.3 is 10.3 Å². The summed E-state index contributed by atoms with van der Waals surface area (Å²) >= 11 is 0. The van der Waals surface area contributed by atoms with Crippen LogP contribution in [0.1, 0.15) is 12.5 Å². The summed E-state index contributed by atoms with van der Waals surface area (Å²) in [6.07, 6.45) is 5.31. The number of fused-ring (bicyclic) bond motifs is 1. The molecule has 2 N–H and O–H groups in total. The number of hydrogen-bond acceptors (Lipinski definition) is 2. The minimum absolute atomic E-state index is 0.789. The molecule has 0 unspecified atom stereocenters. The van der Waals surface area contributed by atoms with Gasteiger partial charge in [-0.05, 0) is 25.1 Å². The molecule has 2 rings (SSSR count). The lowest BCUT2D eigenvalue weighted by Crippen LogP contribution is -1.97. The Balaban J connectivity index is 2.50. The van der Waals surface area contributed by atoms with Crippen molar-refractivity contribution >= 4 is 17.0 Å². The zero-order chi connectivity index (χ0) is 9.97. The summed E-state index contributed by atoms with van der Waals surface area (Å²) in [7, 11) is 0. The highest BCUT2D eigenvalue weighted by atomic mass is 15.1. The van der Waals surface area contributed by atoms with Crippen LogP contribution in [0.25, 0.3) is 11.0 Å². The highest BCUT2D eigenvalue weighted by Gasteiger charge is 2.01. The van der Waals surface area contributed by atoms with Crippen molar-refractivity contribution < 1.29 is 0 Å². The lowest BCUT2D eigenvalue weighted by molar-refractivity contribution is 1.14. The first-order valence-corrected chi connectivity index (χ1v) is 4.53. The van der Waals surface area contributed by atoms with Crippen molar-refractivity contribution in [3.05, 3.63) is 23.8 Å². The van der Waals surface area contributed by atoms with Crippen molar-refractivity contribution in [3.8, 4) is 12.3 Å². The number of aromatic nitrogens is 2. The Morgan fingerprint density at radius 2 is 2.43 bits per heavy atom. The van der Waals surface area contributed by atoms with Gasteiger partial charge in [0.15, 0.2) is 0 Å². The number of hydrogen-bond donors (Lipinski definition) is 2. The minimum Gasteiger partial charge on any atom is -0.356 e. The number of anilines is 1. The summed E-state index contributed by atoms with van der Waals surface area (Å²) < 4.78 is 0. The number of nitrogens with zero attached hydrogens (tertiary/aromatic N) is 1. The van der Waals surface area contributed by atoms with Gasteiger partial charge in [0.1, 0.15) is 0 Å². The van der Waals surface area contributed by atoms with Crippen LogP contribution in [0.4, 0.5) is 5.95 Å². The fourth-order valence-electron chi connectivity index (χ4n) is 1.35. The van der Waals surface area contributed by atoms with Crippen LogP contribution in [-0.4, -0.2) is 16.5 Å². The van der Waals surface area contributed by atoms with E-state index in [0.29, 0.717) is 0 Å². The average Bonchev–Trinajstić information content (AvgIpc) is 2.59. The first-order chi connectivity index (χ1) is 6.83. The van der Waals surface area contributed by atoms with Crippen LogP contribution < -0.4 is 5.32 Å². The first kappa shape index (κ1) is 8.64. The Morgan fingerprint density at radius 1 is 1.57 bits per heavy atom. The van der Waals surface area contributed by atoms with Crippen LogP contribution in [0.5, 0.6) is 0 Å². The van der Waals surface area contributed by atoms with E-state index in [4.69, 9.17) is 6.42 Å². The zero-order valence-electron chi connectivity index (χ0n) is 7.96. The molecule has 0 spiro atoms. The van der Waals surface area contributed by atoms with Gasteiger partial charge in [-0.1, -0.05) is 5.92 Å².